The number of rotatable bonds is 4. The molecule has 0 amide bonds. The van der Waals surface area contributed by atoms with Crippen molar-refractivity contribution in [2.75, 3.05) is 7.05 Å². The van der Waals surface area contributed by atoms with Gasteiger partial charge in [0.15, 0.2) is 0 Å². The van der Waals surface area contributed by atoms with E-state index in [1.54, 1.807) is 24.1 Å². The minimum atomic E-state index is -3.73. The van der Waals surface area contributed by atoms with Crippen molar-refractivity contribution in [2.24, 2.45) is 7.05 Å². The molecule has 0 saturated carbocycles. The summed E-state index contributed by atoms with van der Waals surface area (Å²) in [6.45, 7) is 0.187. The van der Waals surface area contributed by atoms with Gasteiger partial charge < -0.3 is 0 Å². The predicted octanol–water partition coefficient (Wildman–Crippen LogP) is 1.77. The number of halogens is 1. The Kier molecular flexibility index (Phi) is 4.32. The van der Waals surface area contributed by atoms with E-state index in [0.717, 1.165) is 5.56 Å². The van der Waals surface area contributed by atoms with Crippen molar-refractivity contribution in [1.29, 1.82) is 5.26 Å². The highest BCUT2D eigenvalue weighted by molar-refractivity contribution is 7.89. The monoisotopic (exact) mass is 324 g/mol. The van der Waals surface area contributed by atoms with Crippen LogP contribution in [0.2, 0.25) is 5.02 Å². The van der Waals surface area contributed by atoms with Crippen molar-refractivity contribution in [3.05, 3.63) is 46.7 Å². The summed E-state index contributed by atoms with van der Waals surface area (Å²) in [5, 5.41) is 12.8. The summed E-state index contributed by atoms with van der Waals surface area (Å²) in [6, 6.07) is 6.02. The van der Waals surface area contributed by atoms with Gasteiger partial charge in [0.05, 0.1) is 22.9 Å². The van der Waals surface area contributed by atoms with Crippen LogP contribution in [0.3, 0.4) is 0 Å². The molecule has 0 radical (unpaired) electrons. The van der Waals surface area contributed by atoms with Gasteiger partial charge >= 0.3 is 0 Å². The van der Waals surface area contributed by atoms with E-state index in [1.807, 2.05) is 6.07 Å². The van der Waals surface area contributed by atoms with Gasteiger partial charge in [-0.3, -0.25) is 4.68 Å². The van der Waals surface area contributed by atoms with E-state index >= 15 is 0 Å². The van der Waals surface area contributed by atoms with Gasteiger partial charge in [0, 0.05) is 32.4 Å². The van der Waals surface area contributed by atoms with Gasteiger partial charge in [-0.25, -0.2) is 8.42 Å². The van der Waals surface area contributed by atoms with Crippen molar-refractivity contribution < 1.29 is 8.42 Å². The molecule has 0 saturated heterocycles. The van der Waals surface area contributed by atoms with E-state index in [2.05, 4.69) is 5.10 Å². The van der Waals surface area contributed by atoms with E-state index in [1.165, 1.54) is 29.6 Å². The zero-order valence-electron chi connectivity index (χ0n) is 11.5. The maximum atomic E-state index is 12.5. The molecule has 0 unspecified atom stereocenters. The molecule has 8 heteroatoms. The highest BCUT2D eigenvalue weighted by Gasteiger charge is 2.24. The number of aryl methyl sites for hydroxylation is 1. The standard InChI is InChI=1S/C13H13ClN4O2S/c1-17-8-11(7-16-17)9-18(2)21(19,20)13-4-3-10(6-15)5-12(13)14/h3-5,7-8H,9H2,1-2H3. The van der Waals surface area contributed by atoms with Crippen LogP contribution in [-0.4, -0.2) is 29.6 Å². The van der Waals surface area contributed by atoms with E-state index < -0.39 is 10.0 Å². The molecule has 21 heavy (non-hydrogen) atoms. The minimum Gasteiger partial charge on any atom is -0.275 e. The highest BCUT2D eigenvalue weighted by atomic mass is 35.5. The molecular formula is C13H13ClN4O2S. The quantitative estimate of drug-likeness (QED) is 0.858. The van der Waals surface area contributed by atoms with Crippen molar-refractivity contribution in [3.8, 4) is 6.07 Å². The van der Waals surface area contributed by atoms with Crippen LogP contribution in [0.1, 0.15) is 11.1 Å². The average molecular weight is 325 g/mol. The maximum Gasteiger partial charge on any atom is 0.244 e. The summed E-state index contributed by atoms with van der Waals surface area (Å²) >= 11 is 5.97. The van der Waals surface area contributed by atoms with Gasteiger partial charge in [0.1, 0.15) is 4.90 Å². The molecule has 0 aliphatic heterocycles. The van der Waals surface area contributed by atoms with Crippen LogP contribution >= 0.6 is 11.6 Å². The molecule has 0 aliphatic carbocycles. The lowest BCUT2D eigenvalue weighted by Gasteiger charge is -2.17. The summed E-state index contributed by atoms with van der Waals surface area (Å²) in [4.78, 5) is -0.0189. The first kappa shape index (κ1) is 15.5. The second kappa shape index (κ2) is 5.85. The van der Waals surface area contributed by atoms with Crippen LogP contribution in [0, 0.1) is 11.3 Å². The number of nitriles is 1. The summed E-state index contributed by atoms with van der Waals surface area (Å²) < 4.78 is 27.8. The maximum absolute atomic E-state index is 12.5. The Labute approximate surface area is 128 Å². The van der Waals surface area contributed by atoms with Gasteiger partial charge in [-0.15, -0.1) is 0 Å². The lowest BCUT2D eigenvalue weighted by molar-refractivity contribution is 0.466. The Morgan fingerprint density at radius 1 is 1.48 bits per heavy atom. The molecule has 2 rings (SSSR count). The third kappa shape index (κ3) is 3.24. The SMILES string of the molecule is CN(Cc1cnn(C)c1)S(=O)(=O)c1ccc(C#N)cc1Cl. The number of aromatic nitrogens is 2. The van der Waals surface area contributed by atoms with Crippen molar-refractivity contribution >= 4 is 21.6 Å². The largest absolute Gasteiger partial charge is 0.275 e. The second-order valence-corrected chi connectivity index (χ2v) is 6.96. The molecule has 1 heterocycles. The van der Waals surface area contributed by atoms with Crippen molar-refractivity contribution in [2.45, 2.75) is 11.4 Å². The van der Waals surface area contributed by atoms with Crippen molar-refractivity contribution in [3.63, 3.8) is 0 Å². The number of benzene rings is 1. The molecule has 110 valence electrons. The third-order valence-electron chi connectivity index (χ3n) is 2.91. The summed E-state index contributed by atoms with van der Waals surface area (Å²) in [5.41, 5.74) is 1.09. The Morgan fingerprint density at radius 3 is 2.71 bits per heavy atom. The Balaban J connectivity index is 2.31. The molecule has 2 aromatic rings. The van der Waals surface area contributed by atoms with Gasteiger partial charge in [-0.05, 0) is 18.2 Å². The molecule has 0 fully saturated rings. The fraction of sp³-hybridized carbons (Fsp3) is 0.231. The number of hydrogen-bond donors (Lipinski definition) is 0. The van der Waals surface area contributed by atoms with Crippen LogP contribution in [0.5, 0.6) is 0 Å². The van der Waals surface area contributed by atoms with E-state index in [-0.39, 0.29) is 16.5 Å². The summed E-state index contributed by atoms with van der Waals surface area (Å²) in [7, 11) is -0.500. The molecule has 0 bridgehead atoms. The molecule has 6 nitrogen and oxygen atoms in total. The first-order valence-electron chi connectivity index (χ1n) is 5.98. The zero-order valence-corrected chi connectivity index (χ0v) is 13.1. The van der Waals surface area contributed by atoms with Gasteiger partial charge in [0.25, 0.3) is 0 Å². The van der Waals surface area contributed by atoms with E-state index in [0.29, 0.717) is 5.56 Å². The highest BCUT2D eigenvalue weighted by Crippen LogP contribution is 2.25. The normalized spacial score (nSPS) is 11.6. The van der Waals surface area contributed by atoms with Gasteiger partial charge in [0.2, 0.25) is 10.0 Å². The molecular weight excluding hydrogens is 312 g/mol. The first-order valence-corrected chi connectivity index (χ1v) is 7.80. The van der Waals surface area contributed by atoms with Gasteiger partial charge in [-0.1, -0.05) is 11.6 Å². The van der Waals surface area contributed by atoms with E-state index in [9.17, 15) is 8.42 Å². The Hall–Kier alpha value is -1.88. The van der Waals surface area contributed by atoms with Crippen LogP contribution in [-0.2, 0) is 23.6 Å². The van der Waals surface area contributed by atoms with E-state index in [4.69, 9.17) is 16.9 Å². The predicted molar refractivity (Wildman–Crippen MR) is 78.0 cm³/mol. The smallest absolute Gasteiger partial charge is 0.244 e. The fourth-order valence-electron chi connectivity index (χ4n) is 1.84. The molecule has 0 atom stereocenters. The third-order valence-corrected chi connectivity index (χ3v) is 5.20. The van der Waals surface area contributed by atoms with Crippen LogP contribution in [0.25, 0.3) is 0 Å². The molecule has 0 N–H and O–H groups in total. The summed E-state index contributed by atoms with van der Waals surface area (Å²) in [6.07, 6.45) is 3.35. The fourth-order valence-corrected chi connectivity index (χ4v) is 3.52. The topological polar surface area (TPSA) is 79.0 Å². The minimum absolute atomic E-state index is 0.0189. The van der Waals surface area contributed by atoms with Crippen molar-refractivity contribution in [1.82, 2.24) is 14.1 Å². The number of hydrogen-bond acceptors (Lipinski definition) is 4. The van der Waals surface area contributed by atoms with Crippen LogP contribution < -0.4 is 0 Å². The lowest BCUT2D eigenvalue weighted by atomic mass is 10.2. The molecule has 1 aromatic heterocycles. The second-order valence-electron chi connectivity index (χ2n) is 4.54. The first-order chi connectivity index (χ1) is 9.84. The molecule has 0 aliphatic rings. The lowest BCUT2D eigenvalue weighted by Crippen LogP contribution is -2.26. The zero-order chi connectivity index (χ0) is 15.6. The van der Waals surface area contributed by atoms with Crippen LogP contribution in [0.15, 0.2) is 35.5 Å². The molecule has 0 spiro atoms. The average Bonchev–Trinajstić information content (AvgIpc) is 2.83. The number of sulfonamides is 1. The van der Waals surface area contributed by atoms with Crippen LogP contribution in [0.4, 0.5) is 0 Å². The Bertz CT molecular complexity index is 808. The number of nitrogens with zero attached hydrogens (tertiary/aromatic N) is 4. The Morgan fingerprint density at radius 2 is 2.19 bits per heavy atom. The van der Waals surface area contributed by atoms with Gasteiger partial charge in [-0.2, -0.15) is 14.7 Å². The molecule has 1 aromatic carbocycles. The summed E-state index contributed by atoms with van der Waals surface area (Å²) in [5.74, 6) is 0.